The number of carbonyl (C=O) groups is 1. The Morgan fingerprint density at radius 3 is 2.79 bits per heavy atom. The van der Waals surface area contributed by atoms with Crippen LogP contribution in [0.3, 0.4) is 0 Å². The maximum atomic E-state index is 12.6. The lowest BCUT2D eigenvalue weighted by molar-refractivity contribution is -0.390. The van der Waals surface area contributed by atoms with E-state index < -0.39 is 11.0 Å². The van der Waals surface area contributed by atoms with Crippen molar-refractivity contribution in [1.29, 1.82) is 0 Å². The van der Waals surface area contributed by atoms with Gasteiger partial charge in [0.25, 0.3) is 5.91 Å². The van der Waals surface area contributed by atoms with Crippen LogP contribution < -0.4 is 4.74 Å². The van der Waals surface area contributed by atoms with Crippen LogP contribution in [0.1, 0.15) is 18.1 Å². The fraction of sp³-hybridized carbons (Fsp3) is 0.294. The summed E-state index contributed by atoms with van der Waals surface area (Å²) in [5.41, 5.74) is 2.37. The summed E-state index contributed by atoms with van der Waals surface area (Å²) in [5.74, 6) is -0.579. The molecule has 0 spiro atoms. The molecular weight excluding hydrogens is 310 g/mol. The molecule has 1 atom stereocenters. The molecular formula is C17H17N3O4. The first-order valence-electron chi connectivity index (χ1n) is 7.68. The highest BCUT2D eigenvalue weighted by atomic mass is 16.6. The lowest BCUT2D eigenvalue weighted by atomic mass is 9.99. The van der Waals surface area contributed by atoms with Crippen molar-refractivity contribution in [1.82, 2.24) is 9.88 Å². The number of fused-ring (bicyclic) bond motifs is 1. The number of hydrogen-bond acceptors (Lipinski definition) is 5. The number of nitrogens with zero attached hydrogens (tertiary/aromatic N) is 3. The molecule has 1 amide bonds. The molecule has 124 valence electrons. The van der Waals surface area contributed by atoms with Crippen molar-refractivity contribution in [3.8, 4) is 5.75 Å². The molecule has 7 nitrogen and oxygen atoms in total. The van der Waals surface area contributed by atoms with Crippen molar-refractivity contribution in [2.24, 2.45) is 0 Å². The van der Waals surface area contributed by atoms with Crippen molar-refractivity contribution < 1.29 is 14.5 Å². The number of ether oxygens (including phenoxy) is 1. The Morgan fingerprint density at radius 1 is 1.29 bits per heavy atom. The Labute approximate surface area is 139 Å². The minimum Gasteiger partial charge on any atom is -0.473 e. The summed E-state index contributed by atoms with van der Waals surface area (Å²) in [6.07, 6.45) is 1.29. The summed E-state index contributed by atoms with van der Waals surface area (Å²) in [5, 5.41) is 11.0. The van der Waals surface area contributed by atoms with Crippen molar-refractivity contribution in [3.63, 3.8) is 0 Å². The van der Waals surface area contributed by atoms with Crippen LogP contribution in [0.15, 0.2) is 42.6 Å². The topological polar surface area (TPSA) is 85.6 Å². The van der Waals surface area contributed by atoms with Crippen LogP contribution in [-0.4, -0.2) is 33.4 Å². The summed E-state index contributed by atoms with van der Waals surface area (Å²) in [6, 6.07) is 11.0. The largest absolute Gasteiger partial charge is 0.473 e. The molecule has 1 aromatic heterocycles. The molecule has 1 aliphatic rings. The van der Waals surface area contributed by atoms with Gasteiger partial charge in [0.05, 0.1) is 0 Å². The van der Waals surface area contributed by atoms with Gasteiger partial charge in [0, 0.05) is 13.1 Å². The molecule has 0 saturated heterocycles. The normalized spacial score (nSPS) is 14.6. The second-order valence-electron chi connectivity index (χ2n) is 5.62. The second kappa shape index (κ2) is 6.66. The summed E-state index contributed by atoms with van der Waals surface area (Å²) >= 11 is 0. The third kappa shape index (κ3) is 3.19. The van der Waals surface area contributed by atoms with Crippen molar-refractivity contribution >= 4 is 11.7 Å². The van der Waals surface area contributed by atoms with E-state index in [0.717, 1.165) is 12.0 Å². The first-order valence-corrected chi connectivity index (χ1v) is 7.68. The molecule has 7 heteroatoms. The van der Waals surface area contributed by atoms with Gasteiger partial charge in [-0.05, 0) is 46.5 Å². The summed E-state index contributed by atoms with van der Waals surface area (Å²) < 4.78 is 5.51. The third-order valence-corrected chi connectivity index (χ3v) is 4.02. The van der Waals surface area contributed by atoms with Crippen LogP contribution in [0.4, 0.5) is 5.82 Å². The van der Waals surface area contributed by atoms with Gasteiger partial charge in [-0.25, -0.2) is 0 Å². The van der Waals surface area contributed by atoms with E-state index in [1.165, 1.54) is 23.9 Å². The molecule has 0 aliphatic carbocycles. The quantitative estimate of drug-likeness (QED) is 0.635. The first kappa shape index (κ1) is 15.9. The van der Waals surface area contributed by atoms with Gasteiger partial charge in [0.1, 0.15) is 6.20 Å². The fourth-order valence-electron chi connectivity index (χ4n) is 2.79. The second-order valence-corrected chi connectivity index (χ2v) is 5.62. The van der Waals surface area contributed by atoms with Gasteiger partial charge in [-0.2, -0.15) is 0 Å². The van der Waals surface area contributed by atoms with E-state index in [4.69, 9.17) is 4.74 Å². The van der Waals surface area contributed by atoms with Crippen LogP contribution in [0.5, 0.6) is 5.75 Å². The summed E-state index contributed by atoms with van der Waals surface area (Å²) in [7, 11) is 0. The fourth-order valence-corrected chi connectivity index (χ4v) is 2.79. The smallest absolute Gasteiger partial charge is 0.406 e. The number of benzene rings is 1. The van der Waals surface area contributed by atoms with E-state index in [-0.39, 0.29) is 17.5 Å². The molecule has 1 aromatic carbocycles. The predicted molar refractivity (Wildman–Crippen MR) is 86.5 cm³/mol. The Kier molecular flexibility index (Phi) is 4.41. The molecule has 1 unspecified atom stereocenters. The van der Waals surface area contributed by atoms with Gasteiger partial charge < -0.3 is 19.8 Å². The minimum atomic E-state index is -0.821. The zero-order chi connectivity index (χ0) is 17.1. The van der Waals surface area contributed by atoms with E-state index in [1.807, 2.05) is 18.2 Å². The Hall–Kier alpha value is -2.96. The number of pyridine rings is 1. The van der Waals surface area contributed by atoms with Crippen LogP contribution in [0, 0.1) is 10.1 Å². The average molecular weight is 327 g/mol. The Bertz CT molecular complexity index is 778. The Morgan fingerprint density at radius 2 is 2.04 bits per heavy atom. The number of rotatable bonds is 4. The monoisotopic (exact) mass is 327 g/mol. The van der Waals surface area contributed by atoms with Crippen LogP contribution in [0.2, 0.25) is 0 Å². The van der Waals surface area contributed by atoms with E-state index in [9.17, 15) is 14.9 Å². The molecule has 0 radical (unpaired) electrons. The van der Waals surface area contributed by atoms with E-state index in [1.54, 1.807) is 11.8 Å². The standard InChI is InChI=1S/C17H17N3O4/c1-12(24-15-7-4-9-18-16(15)20(22)23)17(21)19-10-8-13-5-2-3-6-14(13)11-19/h2-7,9,12H,8,10-11H2,1H3. The maximum Gasteiger partial charge on any atom is 0.406 e. The van der Waals surface area contributed by atoms with Gasteiger partial charge in [-0.15, -0.1) is 0 Å². The number of carbonyl (C=O) groups excluding carboxylic acids is 1. The molecule has 2 heterocycles. The number of aromatic nitrogens is 1. The highest BCUT2D eigenvalue weighted by molar-refractivity contribution is 5.81. The molecule has 3 rings (SSSR count). The summed E-state index contributed by atoms with van der Waals surface area (Å²) in [4.78, 5) is 28.4. The van der Waals surface area contributed by atoms with Gasteiger partial charge in [0.2, 0.25) is 5.75 Å². The first-order chi connectivity index (χ1) is 11.6. The van der Waals surface area contributed by atoms with Crippen molar-refractivity contribution in [3.05, 3.63) is 63.8 Å². The summed E-state index contributed by atoms with van der Waals surface area (Å²) in [6.45, 7) is 2.73. The Balaban J connectivity index is 1.71. The number of nitro groups is 1. The lowest BCUT2D eigenvalue weighted by Crippen LogP contribution is -2.43. The van der Waals surface area contributed by atoms with E-state index in [2.05, 4.69) is 11.1 Å². The SMILES string of the molecule is CC(Oc1cccnc1[N+](=O)[O-])C(=O)N1CCc2ccccc2C1. The zero-order valence-electron chi connectivity index (χ0n) is 13.2. The molecule has 2 aromatic rings. The lowest BCUT2D eigenvalue weighted by Gasteiger charge is -2.30. The molecule has 0 bridgehead atoms. The number of hydrogen-bond donors (Lipinski definition) is 0. The molecule has 0 fully saturated rings. The molecule has 24 heavy (non-hydrogen) atoms. The van der Waals surface area contributed by atoms with Gasteiger partial charge in [-0.1, -0.05) is 24.3 Å². The van der Waals surface area contributed by atoms with E-state index in [0.29, 0.717) is 13.1 Å². The average Bonchev–Trinajstić information content (AvgIpc) is 2.61. The maximum absolute atomic E-state index is 12.6. The predicted octanol–water partition coefficient (Wildman–Crippen LogP) is 2.34. The van der Waals surface area contributed by atoms with Gasteiger partial charge in [0.15, 0.2) is 6.10 Å². The van der Waals surface area contributed by atoms with Crippen LogP contribution >= 0.6 is 0 Å². The number of amides is 1. The molecule has 0 saturated carbocycles. The van der Waals surface area contributed by atoms with Crippen molar-refractivity contribution in [2.75, 3.05) is 6.54 Å². The van der Waals surface area contributed by atoms with E-state index >= 15 is 0 Å². The van der Waals surface area contributed by atoms with Crippen LogP contribution in [0.25, 0.3) is 0 Å². The molecule has 1 aliphatic heterocycles. The molecule has 0 N–H and O–H groups in total. The zero-order valence-corrected chi connectivity index (χ0v) is 13.2. The highest BCUT2D eigenvalue weighted by Crippen LogP contribution is 2.25. The van der Waals surface area contributed by atoms with Gasteiger partial charge >= 0.3 is 5.82 Å². The highest BCUT2D eigenvalue weighted by Gasteiger charge is 2.27. The minimum absolute atomic E-state index is 0.000703. The van der Waals surface area contributed by atoms with Crippen molar-refractivity contribution in [2.45, 2.75) is 26.0 Å². The van der Waals surface area contributed by atoms with Crippen LogP contribution in [-0.2, 0) is 17.8 Å². The van der Waals surface area contributed by atoms with Gasteiger partial charge in [-0.3, -0.25) is 4.79 Å². The third-order valence-electron chi connectivity index (χ3n) is 4.02.